The van der Waals surface area contributed by atoms with Crippen LogP contribution in [0.4, 0.5) is 0 Å². The highest BCUT2D eigenvalue weighted by molar-refractivity contribution is 5.17. The van der Waals surface area contributed by atoms with Crippen LogP contribution in [-0.2, 0) is 16.0 Å². The van der Waals surface area contributed by atoms with Crippen molar-refractivity contribution in [2.24, 2.45) is 0 Å². The zero-order valence-corrected chi connectivity index (χ0v) is 14.0. The maximum Gasteiger partial charge on any atom is 0.184 e. The van der Waals surface area contributed by atoms with Crippen molar-refractivity contribution in [2.75, 3.05) is 6.61 Å². The number of rotatable bonds is 6. The number of benzene rings is 2. The molecule has 2 aromatic rings. The van der Waals surface area contributed by atoms with Crippen LogP contribution in [0.15, 0.2) is 60.7 Å². The largest absolute Gasteiger partial charge is 0.390 e. The number of aliphatic hydroxyl groups is 1. The van der Waals surface area contributed by atoms with Crippen molar-refractivity contribution in [3.63, 3.8) is 0 Å². The maximum absolute atomic E-state index is 10.4. The molecule has 1 fully saturated rings. The van der Waals surface area contributed by atoms with Gasteiger partial charge in [-0.25, -0.2) is 0 Å². The van der Waals surface area contributed by atoms with Gasteiger partial charge in [0.2, 0.25) is 0 Å². The minimum atomic E-state index is -0.520. The van der Waals surface area contributed by atoms with Crippen LogP contribution in [0.3, 0.4) is 0 Å². The van der Waals surface area contributed by atoms with E-state index in [1.54, 1.807) is 0 Å². The molecule has 4 atom stereocenters. The zero-order chi connectivity index (χ0) is 16.8. The molecule has 4 nitrogen and oxygen atoms in total. The number of aliphatic hydroxyl groups excluding tert-OH is 1. The van der Waals surface area contributed by atoms with Crippen LogP contribution >= 0.6 is 0 Å². The summed E-state index contributed by atoms with van der Waals surface area (Å²) in [7, 11) is 0. The van der Waals surface area contributed by atoms with Crippen LogP contribution in [0.1, 0.15) is 30.8 Å². The first-order chi connectivity index (χ1) is 11.8. The first-order valence-corrected chi connectivity index (χ1v) is 8.55. The lowest BCUT2D eigenvalue weighted by molar-refractivity contribution is -0.249. The van der Waals surface area contributed by atoms with E-state index in [1.807, 2.05) is 55.5 Å². The predicted octanol–water partition coefficient (Wildman–Crippen LogP) is 3.03. The minimum absolute atomic E-state index is 0.0416. The number of hydrogen-bond acceptors (Lipinski definition) is 4. The monoisotopic (exact) mass is 327 g/mol. The molecule has 128 valence electrons. The molecule has 1 unspecified atom stereocenters. The molecule has 0 saturated carbocycles. The second-order valence-corrected chi connectivity index (χ2v) is 6.13. The maximum atomic E-state index is 10.4. The Morgan fingerprint density at radius 2 is 1.75 bits per heavy atom. The lowest BCUT2D eigenvalue weighted by Crippen LogP contribution is -2.53. The molecule has 24 heavy (non-hydrogen) atoms. The summed E-state index contributed by atoms with van der Waals surface area (Å²) in [5.74, 6) is 0. The Labute approximate surface area is 143 Å². The molecule has 1 heterocycles. The third-order valence-corrected chi connectivity index (χ3v) is 4.38. The highest BCUT2D eigenvalue weighted by atomic mass is 16.7. The second kappa shape index (κ2) is 8.40. The summed E-state index contributed by atoms with van der Waals surface area (Å²) < 4.78 is 12.0. The molecule has 0 aliphatic carbocycles. The molecule has 0 amide bonds. The third kappa shape index (κ3) is 4.22. The van der Waals surface area contributed by atoms with Crippen LogP contribution in [0.5, 0.6) is 0 Å². The topological polar surface area (TPSA) is 50.7 Å². The van der Waals surface area contributed by atoms with Crippen LogP contribution in [0.2, 0.25) is 0 Å². The Hall–Kier alpha value is -1.72. The van der Waals surface area contributed by atoms with E-state index in [0.717, 1.165) is 12.1 Å². The van der Waals surface area contributed by atoms with E-state index in [-0.39, 0.29) is 12.1 Å². The molecule has 2 aromatic carbocycles. The van der Waals surface area contributed by atoms with Gasteiger partial charge in [0.05, 0.1) is 18.8 Å². The quantitative estimate of drug-likeness (QED) is 0.856. The smallest absolute Gasteiger partial charge is 0.184 e. The van der Waals surface area contributed by atoms with Gasteiger partial charge in [0.1, 0.15) is 6.10 Å². The molecule has 3 rings (SSSR count). The Balaban J connectivity index is 1.66. The molecule has 1 aliphatic heterocycles. The molecule has 0 radical (unpaired) electrons. The fourth-order valence-corrected chi connectivity index (χ4v) is 2.96. The number of nitrogens with one attached hydrogen (secondary N) is 1. The average molecular weight is 327 g/mol. The van der Waals surface area contributed by atoms with Crippen LogP contribution in [0.25, 0.3) is 0 Å². The van der Waals surface area contributed by atoms with Gasteiger partial charge in [-0.15, -0.1) is 0 Å². The molecule has 1 aliphatic rings. The van der Waals surface area contributed by atoms with E-state index in [1.165, 1.54) is 5.56 Å². The summed E-state index contributed by atoms with van der Waals surface area (Å²) in [6, 6.07) is 20.0. The van der Waals surface area contributed by atoms with Crippen molar-refractivity contribution in [1.82, 2.24) is 5.32 Å². The van der Waals surface area contributed by atoms with E-state index in [9.17, 15) is 5.11 Å². The van der Waals surface area contributed by atoms with Crippen LogP contribution < -0.4 is 5.32 Å². The van der Waals surface area contributed by atoms with E-state index in [4.69, 9.17) is 9.47 Å². The highest BCUT2D eigenvalue weighted by Crippen LogP contribution is 2.28. The molecule has 0 bridgehead atoms. The first-order valence-electron chi connectivity index (χ1n) is 8.55. The molecule has 2 N–H and O–H groups in total. The van der Waals surface area contributed by atoms with Gasteiger partial charge < -0.3 is 19.9 Å². The Morgan fingerprint density at radius 3 is 2.42 bits per heavy atom. The lowest BCUT2D eigenvalue weighted by atomic mass is 10.0. The van der Waals surface area contributed by atoms with Gasteiger partial charge in [0, 0.05) is 12.1 Å². The van der Waals surface area contributed by atoms with Gasteiger partial charge in [-0.1, -0.05) is 67.6 Å². The SMILES string of the molecule is CC[C@@H](O)[C@H]1OC(c2ccccc2)OC[C@@H]1NCc1ccccc1. The zero-order valence-electron chi connectivity index (χ0n) is 14.0. The summed E-state index contributed by atoms with van der Waals surface area (Å²) in [6.45, 7) is 3.20. The van der Waals surface area contributed by atoms with E-state index >= 15 is 0 Å². The predicted molar refractivity (Wildman–Crippen MR) is 93.4 cm³/mol. The summed E-state index contributed by atoms with van der Waals surface area (Å²) in [6.07, 6.45) is -0.589. The van der Waals surface area contributed by atoms with Crippen molar-refractivity contribution in [3.8, 4) is 0 Å². The standard InChI is InChI=1S/C20H25NO3/c1-2-18(22)19-17(21-13-15-9-5-3-6-10-15)14-23-20(24-19)16-11-7-4-8-12-16/h3-12,17-22H,2,13-14H2,1H3/t17-,18+,19-,20?/m0/s1. The highest BCUT2D eigenvalue weighted by Gasteiger charge is 2.36. The summed E-state index contributed by atoms with van der Waals surface area (Å²) >= 11 is 0. The van der Waals surface area contributed by atoms with Gasteiger partial charge >= 0.3 is 0 Å². The van der Waals surface area contributed by atoms with Crippen LogP contribution in [0, 0.1) is 0 Å². The number of hydrogen-bond donors (Lipinski definition) is 2. The van der Waals surface area contributed by atoms with Crippen molar-refractivity contribution in [1.29, 1.82) is 0 Å². The van der Waals surface area contributed by atoms with Crippen LogP contribution in [-0.4, -0.2) is 30.0 Å². The van der Waals surface area contributed by atoms with E-state index in [2.05, 4.69) is 17.4 Å². The minimum Gasteiger partial charge on any atom is -0.390 e. The Bertz CT molecular complexity index is 605. The van der Waals surface area contributed by atoms with Crippen molar-refractivity contribution >= 4 is 0 Å². The number of ether oxygens (including phenoxy) is 2. The van der Waals surface area contributed by atoms with Gasteiger partial charge in [0.25, 0.3) is 0 Å². The normalized spacial score (nSPS) is 25.3. The molecule has 0 spiro atoms. The fraction of sp³-hybridized carbons (Fsp3) is 0.400. The summed E-state index contributed by atoms with van der Waals surface area (Å²) in [5, 5.41) is 13.9. The third-order valence-electron chi connectivity index (χ3n) is 4.38. The fourth-order valence-electron chi connectivity index (χ4n) is 2.96. The second-order valence-electron chi connectivity index (χ2n) is 6.13. The van der Waals surface area contributed by atoms with Crippen molar-refractivity contribution < 1.29 is 14.6 Å². The van der Waals surface area contributed by atoms with Gasteiger partial charge in [0.15, 0.2) is 6.29 Å². The van der Waals surface area contributed by atoms with E-state index < -0.39 is 12.4 Å². The first kappa shape index (κ1) is 17.1. The molecular formula is C20H25NO3. The van der Waals surface area contributed by atoms with Gasteiger partial charge in [-0.2, -0.15) is 0 Å². The Morgan fingerprint density at radius 1 is 1.08 bits per heavy atom. The molecule has 4 heteroatoms. The summed E-state index contributed by atoms with van der Waals surface area (Å²) in [5.41, 5.74) is 2.18. The Kier molecular flexibility index (Phi) is 5.99. The van der Waals surface area contributed by atoms with Crippen molar-refractivity contribution in [3.05, 3.63) is 71.8 Å². The molecule has 1 saturated heterocycles. The summed E-state index contributed by atoms with van der Waals surface area (Å²) in [4.78, 5) is 0. The van der Waals surface area contributed by atoms with E-state index in [0.29, 0.717) is 13.0 Å². The van der Waals surface area contributed by atoms with Gasteiger partial charge in [-0.05, 0) is 12.0 Å². The van der Waals surface area contributed by atoms with Crippen molar-refractivity contribution in [2.45, 2.75) is 44.4 Å². The average Bonchev–Trinajstić information content (AvgIpc) is 2.67. The van der Waals surface area contributed by atoms with Gasteiger partial charge in [-0.3, -0.25) is 0 Å². The lowest BCUT2D eigenvalue weighted by Gasteiger charge is -2.39. The molecular weight excluding hydrogens is 302 g/mol. The molecule has 0 aromatic heterocycles.